The molecule has 0 unspecified atom stereocenters. The molecule has 0 bridgehead atoms. The summed E-state index contributed by atoms with van der Waals surface area (Å²) in [6, 6.07) is 7.05. The number of carbonyl (C=O) groups excluding carboxylic acids is 1. The first kappa shape index (κ1) is 15.0. The van der Waals surface area contributed by atoms with Crippen LogP contribution in [0.1, 0.15) is 10.4 Å². The number of amides is 1. The molecule has 0 saturated carbocycles. The molecular weight excluding hydrogens is 345 g/mol. The number of anilines is 1. The summed E-state index contributed by atoms with van der Waals surface area (Å²) in [5.74, 6) is 0.301. The van der Waals surface area contributed by atoms with E-state index in [1.807, 2.05) is 18.2 Å². The number of rotatable bonds is 3. The molecule has 2 aromatic heterocycles. The number of carbonyl (C=O) groups is 1. The highest BCUT2D eigenvalue weighted by Gasteiger charge is 2.13. The van der Waals surface area contributed by atoms with Crippen molar-refractivity contribution in [2.75, 3.05) is 12.4 Å². The summed E-state index contributed by atoms with van der Waals surface area (Å²) in [6.07, 6.45) is 1.36. The zero-order valence-electron chi connectivity index (χ0n) is 11.3. The number of nitrogens with zero attached hydrogens (tertiary/aromatic N) is 2. The van der Waals surface area contributed by atoms with Gasteiger partial charge in [0, 0.05) is 6.20 Å². The third-order valence-corrected chi connectivity index (χ3v) is 4.50. The van der Waals surface area contributed by atoms with Gasteiger partial charge in [-0.2, -0.15) is 0 Å². The first-order chi connectivity index (χ1) is 10.6. The molecule has 1 aromatic carbocycles. The Bertz CT molecular complexity index is 866. The second-order valence-electron chi connectivity index (χ2n) is 4.28. The summed E-state index contributed by atoms with van der Waals surface area (Å²) in [7, 11) is 1.58. The fraction of sp³-hybridized carbons (Fsp3) is 0.0714. The molecule has 2 heterocycles. The molecule has 0 aliphatic carbocycles. The molecule has 1 amide bonds. The van der Waals surface area contributed by atoms with E-state index in [2.05, 4.69) is 15.3 Å². The number of methoxy groups -OCH3 is 1. The molecule has 0 fully saturated rings. The Morgan fingerprint density at radius 3 is 2.91 bits per heavy atom. The van der Waals surface area contributed by atoms with Crippen LogP contribution in [0.3, 0.4) is 0 Å². The van der Waals surface area contributed by atoms with Gasteiger partial charge < -0.3 is 4.74 Å². The Morgan fingerprint density at radius 1 is 1.36 bits per heavy atom. The highest BCUT2D eigenvalue weighted by atomic mass is 35.5. The second-order valence-corrected chi connectivity index (χ2v) is 6.07. The average Bonchev–Trinajstić information content (AvgIpc) is 2.92. The Morgan fingerprint density at radius 2 is 2.18 bits per heavy atom. The van der Waals surface area contributed by atoms with Gasteiger partial charge in [0.05, 0.1) is 22.4 Å². The molecule has 22 heavy (non-hydrogen) atoms. The topological polar surface area (TPSA) is 64.1 Å². The molecule has 0 radical (unpaired) electrons. The first-order valence-corrected chi connectivity index (χ1v) is 7.71. The number of thiazole rings is 1. The van der Waals surface area contributed by atoms with Gasteiger partial charge in [0.2, 0.25) is 0 Å². The molecule has 0 saturated heterocycles. The Balaban J connectivity index is 1.89. The highest BCUT2D eigenvalue weighted by molar-refractivity contribution is 7.22. The van der Waals surface area contributed by atoms with Crippen LogP contribution in [0.5, 0.6) is 5.75 Å². The minimum atomic E-state index is -0.357. The lowest BCUT2D eigenvalue weighted by atomic mass is 10.3. The summed E-state index contributed by atoms with van der Waals surface area (Å²) >= 11 is 12.9. The van der Waals surface area contributed by atoms with Crippen LogP contribution >= 0.6 is 34.5 Å². The predicted octanol–water partition coefficient (Wildman–Crippen LogP) is 4.26. The third-order valence-electron chi connectivity index (χ3n) is 2.88. The van der Waals surface area contributed by atoms with Crippen LogP contribution in [0.25, 0.3) is 10.2 Å². The lowest BCUT2D eigenvalue weighted by Crippen LogP contribution is -2.12. The van der Waals surface area contributed by atoms with Crippen LogP contribution in [0.4, 0.5) is 5.13 Å². The van der Waals surface area contributed by atoms with Gasteiger partial charge in [-0.1, -0.05) is 40.6 Å². The largest absolute Gasteiger partial charge is 0.494 e. The minimum Gasteiger partial charge on any atom is -0.494 e. The standard InChI is InChI=1S/C14H9Cl2N3O2S/c1-21-9-3-2-4-10-11(9)18-14(22-10)19-13(20)7-5-8(15)12(16)17-6-7/h2-6H,1H3,(H,18,19,20). The maximum absolute atomic E-state index is 12.2. The fourth-order valence-electron chi connectivity index (χ4n) is 1.86. The quantitative estimate of drug-likeness (QED) is 0.714. The van der Waals surface area contributed by atoms with Crippen molar-refractivity contribution in [3.8, 4) is 5.75 Å². The van der Waals surface area contributed by atoms with Crippen molar-refractivity contribution in [1.82, 2.24) is 9.97 Å². The maximum Gasteiger partial charge on any atom is 0.259 e. The normalized spacial score (nSPS) is 10.7. The third kappa shape index (κ3) is 2.85. The monoisotopic (exact) mass is 353 g/mol. The van der Waals surface area contributed by atoms with E-state index in [9.17, 15) is 4.79 Å². The SMILES string of the molecule is COc1cccc2sc(NC(=O)c3cnc(Cl)c(Cl)c3)nc12. The van der Waals surface area contributed by atoms with E-state index < -0.39 is 0 Å². The van der Waals surface area contributed by atoms with Crippen molar-refractivity contribution in [1.29, 1.82) is 0 Å². The van der Waals surface area contributed by atoms with E-state index >= 15 is 0 Å². The Kier molecular flexibility index (Phi) is 4.15. The van der Waals surface area contributed by atoms with Crippen molar-refractivity contribution in [3.05, 3.63) is 46.2 Å². The zero-order valence-corrected chi connectivity index (χ0v) is 13.6. The highest BCUT2D eigenvalue weighted by Crippen LogP contribution is 2.32. The van der Waals surface area contributed by atoms with Crippen LogP contribution < -0.4 is 10.1 Å². The number of hydrogen-bond acceptors (Lipinski definition) is 5. The van der Waals surface area contributed by atoms with Crippen molar-refractivity contribution in [2.24, 2.45) is 0 Å². The van der Waals surface area contributed by atoms with E-state index in [4.69, 9.17) is 27.9 Å². The lowest BCUT2D eigenvalue weighted by molar-refractivity contribution is 0.102. The van der Waals surface area contributed by atoms with Gasteiger partial charge in [0.1, 0.15) is 16.4 Å². The lowest BCUT2D eigenvalue weighted by Gasteiger charge is -2.02. The van der Waals surface area contributed by atoms with Crippen LogP contribution in [-0.4, -0.2) is 23.0 Å². The summed E-state index contributed by atoms with van der Waals surface area (Å²) in [5, 5.41) is 3.56. The summed E-state index contributed by atoms with van der Waals surface area (Å²) in [5.41, 5.74) is 1.01. The number of para-hydroxylation sites is 1. The number of pyridine rings is 1. The minimum absolute atomic E-state index is 0.156. The second kappa shape index (κ2) is 6.08. The number of benzene rings is 1. The van der Waals surface area contributed by atoms with Crippen molar-refractivity contribution in [2.45, 2.75) is 0 Å². The number of hydrogen-bond donors (Lipinski definition) is 1. The number of aromatic nitrogens is 2. The van der Waals surface area contributed by atoms with Crippen LogP contribution in [0, 0.1) is 0 Å². The molecular formula is C14H9Cl2N3O2S. The molecule has 3 rings (SSSR count). The Labute approximate surface area is 139 Å². The van der Waals surface area contributed by atoms with Crippen LogP contribution in [0.15, 0.2) is 30.5 Å². The molecule has 3 aromatic rings. The molecule has 8 heteroatoms. The van der Waals surface area contributed by atoms with E-state index in [0.717, 1.165) is 4.70 Å². The molecule has 0 spiro atoms. The van der Waals surface area contributed by atoms with E-state index in [1.54, 1.807) is 7.11 Å². The molecule has 112 valence electrons. The van der Waals surface area contributed by atoms with Crippen molar-refractivity contribution >= 4 is 55.8 Å². The average molecular weight is 354 g/mol. The van der Waals surface area contributed by atoms with Gasteiger partial charge in [-0.3, -0.25) is 10.1 Å². The molecule has 0 aliphatic heterocycles. The summed E-state index contributed by atoms with van der Waals surface area (Å²) < 4.78 is 6.17. The van der Waals surface area contributed by atoms with Crippen LogP contribution in [-0.2, 0) is 0 Å². The number of ether oxygens (including phenoxy) is 1. The van der Waals surface area contributed by atoms with Crippen molar-refractivity contribution < 1.29 is 9.53 Å². The maximum atomic E-state index is 12.2. The van der Waals surface area contributed by atoms with E-state index in [0.29, 0.717) is 22.0 Å². The Hall–Kier alpha value is -1.89. The fourth-order valence-corrected chi connectivity index (χ4v) is 3.00. The summed E-state index contributed by atoms with van der Waals surface area (Å²) in [4.78, 5) is 20.4. The van der Waals surface area contributed by atoms with Gasteiger partial charge in [-0.15, -0.1) is 0 Å². The van der Waals surface area contributed by atoms with E-state index in [-0.39, 0.29) is 16.1 Å². The van der Waals surface area contributed by atoms with Crippen molar-refractivity contribution in [3.63, 3.8) is 0 Å². The van der Waals surface area contributed by atoms with Gasteiger partial charge >= 0.3 is 0 Å². The van der Waals surface area contributed by atoms with E-state index in [1.165, 1.54) is 23.6 Å². The van der Waals surface area contributed by atoms with Gasteiger partial charge in [-0.25, -0.2) is 9.97 Å². The molecule has 0 atom stereocenters. The predicted molar refractivity (Wildman–Crippen MR) is 88.4 cm³/mol. The van der Waals surface area contributed by atoms with Gasteiger partial charge in [0.25, 0.3) is 5.91 Å². The zero-order chi connectivity index (χ0) is 15.7. The molecule has 0 aliphatic rings. The number of halogens is 2. The number of fused-ring (bicyclic) bond motifs is 1. The van der Waals surface area contributed by atoms with Gasteiger partial charge in [0.15, 0.2) is 5.13 Å². The van der Waals surface area contributed by atoms with Crippen LogP contribution in [0.2, 0.25) is 10.2 Å². The smallest absolute Gasteiger partial charge is 0.259 e. The molecule has 5 nitrogen and oxygen atoms in total. The van der Waals surface area contributed by atoms with Gasteiger partial charge in [-0.05, 0) is 18.2 Å². The molecule has 1 N–H and O–H groups in total. The first-order valence-electron chi connectivity index (χ1n) is 6.14. The number of nitrogens with one attached hydrogen (secondary N) is 1. The summed E-state index contributed by atoms with van der Waals surface area (Å²) in [6.45, 7) is 0.